The minimum Gasteiger partial charge on any atom is -0.449 e. The normalized spacial score (nSPS) is 29.7. The van der Waals surface area contributed by atoms with E-state index < -0.39 is 5.60 Å². The second-order valence-corrected chi connectivity index (χ2v) is 7.66. The molecule has 1 saturated carbocycles. The topological polar surface area (TPSA) is 80.7 Å². The molecule has 0 bridgehead atoms. The number of para-hydroxylation sites is 1. The van der Waals surface area contributed by atoms with Crippen molar-refractivity contribution in [1.29, 1.82) is 0 Å². The molecule has 2 aliphatic heterocycles. The van der Waals surface area contributed by atoms with E-state index in [1.807, 2.05) is 42.6 Å². The van der Waals surface area contributed by atoms with Gasteiger partial charge in [0.25, 0.3) is 5.91 Å². The van der Waals surface area contributed by atoms with Gasteiger partial charge >= 0.3 is 5.97 Å². The van der Waals surface area contributed by atoms with Crippen LogP contribution in [0.2, 0.25) is 0 Å². The summed E-state index contributed by atoms with van der Waals surface area (Å²) in [5.41, 5.74) is 4.50. The van der Waals surface area contributed by atoms with Crippen LogP contribution < -0.4 is 10.1 Å². The number of ether oxygens (including phenoxy) is 1. The first-order valence-electron chi connectivity index (χ1n) is 9.81. The zero-order valence-corrected chi connectivity index (χ0v) is 15.8. The summed E-state index contributed by atoms with van der Waals surface area (Å²) in [6, 6.07) is 13.1. The molecule has 1 unspecified atom stereocenters. The highest BCUT2D eigenvalue weighted by molar-refractivity contribution is 5.94. The molecular weight excluding hydrogens is 368 g/mol. The molecular formula is C22H21N4O3+. The van der Waals surface area contributed by atoms with Crippen LogP contribution in [0.5, 0.6) is 0 Å². The van der Waals surface area contributed by atoms with Gasteiger partial charge in [0.15, 0.2) is 17.5 Å². The van der Waals surface area contributed by atoms with E-state index in [2.05, 4.69) is 15.5 Å². The predicted molar refractivity (Wildman–Crippen MR) is 107 cm³/mol. The fourth-order valence-electron chi connectivity index (χ4n) is 4.44. The number of nitrogens with one attached hydrogen (secondary N) is 1. The van der Waals surface area contributed by atoms with Crippen molar-refractivity contribution < 1.29 is 14.3 Å². The van der Waals surface area contributed by atoms with E-state index in [4.69, 9.17) is 4.74 Å². The number of amides is 1. The van der Waals surface area contributed by atoms with Gasteiger partial charge in [-0.25, -0.2) is 4.79 Å². The Morgan fingerprint density at radius 1 is 1.14 bits per heavy atom. The highest BCUT2D eigenvalue weighted by Gasteiger charge is 2.50. The quantitative estimate of drug-likeness (QED) is 0.646. The maximum absolute atomic E-state index is 13.1. The van der Waals surface area contributed by atoms with Crippen molar-refractivity contribution in [2.45, 2.75) is 31.3 Å². The first-order valence-corrected chi connectivity index (χ1v) is 9.81. The summed E-state index contributed by atoms with van der Waals surface area (Å²) < 4.78 is 5.67. The van der Waals surface area contributed by atoms with Gasteiger partial charge in [0.1, 0.15) is 0 Å². The van der Waals surface area contributed by atoms with E-state index in [0.29, 0.717) is 36.9 Å². The Morgan fingerprint density at radius 3 is 2.66 bits per heavy atom. The minimum absolute atomic E-state index is 0.0574. The molecule has 1 aromatic carbocycles. The van der Waals surface area contributed by atoms with Gasteiger partial charge in [-0.15, -0.1) is 0 Å². The monoisotopic (exact) mass is 389 g/mol. The second-order valence-electron chi connectivity index (χ2n) is 7.66. The number of nitrogens with zero attached hydrogens (tertiary/aromatic N) is 3. The van der Waals surface area contributed by atoms with Gasteiger partial charge < -0.3 is 4.74 Å². The fraction of sp³-hybridized carbons (Fsp3) is 0.273. The highest BCUT2D eigenvalue weighted by atomic mass is 16.6. The smallest absolute Gasteiger partial charge is 0.341 e. The van der Waals surface area contributed by atoms with Crippen molar-refractivity contribution in [3.8, 4) is 0 Å². The molecule has 1 aromatic heterocycles. The van der Waals surface area contributed by atoms with E-state index in [0.717, 1.165) is 5.69 Å². The average Bonchev–Trinajstić information content (AvgIpc) is 3.34. The lowest BCUT2D eigenvalue weighted by Crippen LogP contribution is -2.55. The lowest BCUT2D eigenvalue weighted by atomic mass is 9.76. The van der Waals surface area contributed by atoms with Gasteiger partial charge in [-0.05, 0) is 42.5 Å². The number of hydrogen-bond donors (Lipinski definition) is 1. The van der Waals surface area contributed by atoms with E-state index in [9.17, 15) is 9.59 Å². The van der Waals surface area contributed by atoms with Crippen molar-refractivity contribution in [3.63, 3.8) is 0 Å². The lowest BCUT2D eigenvalue weighted by Gasteiger charge is -2.35. The molecule has 0 saturated heterocycles. The molecule has 1 N–H and O–H groups in total. The molecule has 3 heterocycles. The zero-order valence-electron chi connectivity index (χ0n) is 15.8. The van der Waals surface area contributed by atoms with Crippen LogP contribution >= 0.6 is 0 Å². The fourth-order valence-corrected chi connectivity index (χ4v) is 4.44. The maximum atomic E-state index is 13.1. The molecule has 1 amide bonds. The third kappa shape index (κ3) is 2.86. The summed E-state index contributed by atoms with van der Waals surface area (Å²) in [7, 11) is 0. The molecule has 1 spiro atoms. The summed E-state index contributed by atoms with van der Waals surface area (Å²) >= 11 is 0. The van der Waals surface area contributed by atoms with Gasteiger partial charge in [0.2, 0.25) is 0 Å². The molecule has 2 aromatic rings. The van der Waals surface area contributed by atoms with Crippen LogP contribution in [-0.2, 0) is 15.1 Å². The molecule has 5 rings (SSSR count). The van der Waals surface area contributed by atoms with E-state index in [1.54, 1.807) is 24.5 Å². The molecule has 7 nitrogen and oxygen atoms in total. The Hall–Kier alpha value is -3.32. The third-order valence-corrected chi connectivity index (χ3v) is 5.98. The lowest BCUT2D eigenvalue weighted by molar-refractivity contribution is -0.131. The molecule has 3 aliphatic rings. The van der Waals surface area contributed by atoms with Crippen molar-refractivity contribution >= 4 is 23.8 Å². The van der Waals surface area contributed by atoms with E-state index in [-0.39, 0.29) is 22.5 Å². The van der Waals surface area contributed by atoms with Crippen LogP contribution in [0.25, 0.3) is 0 Å². The van der Waals surface area contributed by atoms with Crippen LogP contribution in [0.1, 0.15) is 41.7 Å². The molecule has 0 radical (unpaired) electrons. The molecule has 1 fully saturated rings. The van der Waals surface area contributed by atoms with Crippen LogP contribution in [-0.4, -0.2) is 23.1 Å². The van der Waals surface area contributed by atoms with E-state index in [1.165, 1.54) is 0 Å². The molecule has 1 atom stereocenters. The first-order chi connectivity index (χ1) is 14.1. The summed E-state index contributed by atoms with van der Waals surface area (Å²) in [6.45, 7) is 0. The second kappa shape index (κ2) is 6.63. The Morgan fingerprint density at radius 2 is 1.93 bits per heavy atom. The maximum Gasteiger partial charge on any atom is 0.341 e. The molecule has 146 valence electrons. The summed E-state index contributed by atoms with van der Waals surface area (Å²) in [6.07, 6.45) is 9.46. The van der Waals surface area contributed by atoms with Crippen LogP contribution in [0, 0.1) is 5.92 Å². The minimum atomic E-state index is -0.693. The molecule has 7 heteroatoms. The van der Waals surface area contributed by atoms with Gasteiger partial charge in [0, 0.05) is 30.3 Å². The number of hydrogen-bond acceptors (Lipinski definition) is 5. The number of pyridine rings is 1. The predicted octanol–water partition coefficient (Wildman–Crippen LogP) is 3.19. The Labute approximate surface area is 168 Å². The zero-order chi connectivity index (χ0) is 19.9. The first kappa shape index (κ1) is 17.8. The van der Waals surface area contributed by atoms with Crippen LogP contribution in [0.3, 0.4) is 0 Å². The number of benzene rings is 1. The highest BCUT2D eigenvalue weighted by Crippen LogP contribution is 2.47. The van der Waals surface area contributed by atoms with Crippen LogP contribution in [0.15, 0.2) is 66.0 Å². The van der Waals surface area contributed by atoms with Gasteiger partial charge in [-0.2, -0.15) is 5.43 Å². The largest absolute Gasteiger partial charge is 0.449 e. The Kier molecular flexibility index (Phi) is 4.06. The van der Waals surface area contributed by atoms with Crippen molar-refractivity contribution in [2.24, 2.45) is 11.0 Å². The van der Waals surface area contributed by atoms with Crippen molar-refractivity contribution in [3.05, 3.63) is 72.2 Å². The number of carbonyl (C=O) groups excluding carboxylic acids is 2. The standard InChI is InChI=1S/C22H20N4O3/c27-20(25-26(15-5-14-24-26)17-6-2-1-3-7-17)16-9-11-22(12-10-16)19-18(21(28)29-22)8-4-13-23-19/h1-8,13-16H,9-12H2/p+1. The van der Waals surface area contributed by atoms with Crippen LogP contribution in [0.4, 0.5) is 5.69 Å². The van der Waals surface area contributed by atoms with Gasteiger partial charge in [0.05, 0.1) is 17.5 Å². The Bertz CT molecular complexity index is 1010. The number of aromatic nitrogens is 1. The summed E-state index contributed by atoms with van der Waals surface area (Å²) in [5, 5.41) is 4.47. The number of carbonyl (C=O) groups is 2. The third-order valence-electron chi connectivity index (χ3n) is 5.98. The average molecular weight is 389 g/mol. The number of allylic oxidation sites excluding steroid dienone is 1. The summed E-state index contributed by atoms with van der Waals surface area (Å²) in [5.74, 6) is -0.547. The van der Waals surface area contributed by atoms with E-state index >= 15 is 0 Å². The molecule has 1 aliphatic carbocycles. The summed E-state index contributed by atoms with van der Waals surface area (Å²) in [4.78, 5) is 29.7. The number of fused-ring (bicyclic) bond motifs is 2. The van der Waals surface area contributed by atoms with Crippen molar-refractivity contribution in [1.82, 2.24) is 15.1 Å². The number of esters is 1. The van der Waals surface area contributed by atoms with Crippen molar-refractivity contribution in [2.75, 3.05) is 0 Å². The number of quaternary nitrogens is 1. The van der Waals surface area contributed by atoms with Gasteiger partial charge in [-0.1, -0.05) is 23.3 Å². The SMILES string of the molecule is O=C1OC2(CCC(C(=O)N[N+]3(c4ccccc4)C=CC=N3)CC2)c2ncccc21. The molecule has 29 heavy (non-hydrogen) atoms. The van der Waals surface area contributed by atoms with Gasteiger partial charge in [-0.3, -0.25) is 9.78 Å². The Balaban J connectivity index is 1.32. The number of rotatable bonds is 3.